The largest absolute Gasteiger partial charge is 0.329 e. The van der Waals surface area contributed by atoms with Gasteiger partial charge in [-0.25, -0.2) is 0 Å². The van der Waals surface area contributed by atoms with Crippen LogP contribution in [0, 0.1) is 23.7 Å². The van der Waals surface area contributed by atoms with Gasteiger partial charge in [-0.15, -0.1) is 0 Å². The third-order valence-electron chi connectivity index (χ3n) is 5.69. The Kier molecular flexibility index (Phi) is 4.48. The lowest BCUT2D eigenvalue weighted by molar-refractivity contribution is 0.102. The molecule has 0 heterocycles. The van der Waals surface area contributed by atoms with E-state index >= 15 is 0 Å². The second kappa shape index (κ2) is 6.13. The van der Waals surface area contributed by atoms with E-state index < -0.39 is 0 Å². The van der Waals surface area contributed by atoms with Gasteiger partial charge in [0.2, 0.25) is 0 Å². The molecule has 1 atom stereocenters. The Morgan fingerprint density at radius 3 is 1.84 bits per heavy atom. The Morgan fingerprint density at radius 2 is 1.42 bits per heavy atom. The maximum absolute atomic E-state index is 6.19. The van der Waals surface area contributed by atoms with Crippen LogP contribution < -0.4 is 5.73 Å². The standard InChI is InChI=1S/C17H32N2/c1-13-2-8-16(9-3-13)17(10-18)19(11-14-4-5-14)12-15-6-7-15/h13-17H,2-12,18H2,1H3. The van der Waals surface area contributed by atoms with Crippen LogP contribution in [0.25, 0.3) is 0 Å². The quantitative estimate of drug-likeness (QED) is 0.765. The summed E-state index contributed by atoms with van der Waals surface area (Å²) in [6, 6.07) is 0.689. The minimum atomic E-state index is 0.689. The molecule has 3 rings (SSSR count). The smallest absolute Gasteiger partial charge is 0.0246 e. The molecule has 0 aromatic carbocycles. The van der Waals surface area contributed by atoms with Crippen LogP contribution in [0.5, 0.6) is 0 Å². The number of hydrogen-bond acceptors (Lipinski definition) is 2. The summed E-state index contributed by atoms with van der Waals surface area (Å²) in [5.74, 6) is 3.86. The Balaban J connectivity index is 1.58. The second-order valence-electron chi connectivity index (χ2n) is 7.66. The van der Waals surface area contributed by atoms with Crippen molar-refractivity contribution < 1.29 is 0 Å². The number of hydrogen-bond donors (Lipinski definition) is 1. The highest BCUT2D eigenvalue weighted by molar-refractivity contribution is 4.90. The Hall–Kier alpha value is -0.0800. The van der Waals surface area contributed by atoms with E-state index in [0.717, 1.165) is 30.2 Å². The Labute approximate surface area is 119 Å². The van der Waals surface area contributed by atoms with Gasteiger partial charge in [0.05, 0.1) is 0 Å². The summed E-state index contributed by atoms with van der Waals surface area (Å²) >= 11 is 0. The van der Waals surface area contributed by atoms with Crippen LogP contribution in [-0.4, -0.2) is 30.6 Å². The third kappa shape index (κ3) is 3.95. The van der Waals surface area contributed by atoms with Crippen molar-refractivity contribution in [2.24, 2.45) is 29.4 Å². The molecular formula is C17H32N2. The fraction of sp³-hybridized carbons (Fsp3) is 1.00. The maximum atomic E-state index is 6.19. The molecule has 0 aliphatic heterocycles. The van der Waals surface area contributed by atoms with Gasteiger partial charge in [0.15, 0.2) is 0 Å². The Morgan fingerprint density at radius 1 is 0.895 bits per heavy atom. The Bertz CT molecular complexity index is 261. The van der Waals surface area contributed by atoms with E-state index in [-0.39, 0.29) is 0 Å². The minimum absolute atomic E-state index is 0.689. The molecule has 0 amide bonds. The molecule has 0 aromatic heterocycles. The molecule has 19 heavy (non-hydrogen) atoms. The van der Waals surface area contributed by atoms with Crippen molar-refractivity contribution in [3.63, 3.8) is 0 Å². The van der Waals surface area contributed by atoms with Crippen LogP contribution >= 0.6 is 0 Å². The van der Waals surface area contributed by atoms with Crippen molar-refractivity contribution in [1.29, 1.82) is 0 Å². The summed E-state index contributed by atoms with van der Waals surface area (Å²) in [6.45, 7) is 6.01. The average molecular weight is 264 g/mol. The minimum Gasteiger partial charge on any atom is -0.329 e. The van der Waals surface area contributed by atoms with Gasteiger partial charge in [-0.05, 0) is 62.2 Å². The predicted molar refractivity (Wildman–Crippen MR) is 81.0 cm³/mol. The van der Waals surface area contributed by atoms with Crippen LogP contribution in [-0.2, 0) is 0 Å². The molecule has 2 heteroatoms. The van der Waals surface area contributed by atoms with Crippen molar-refractivity contribution >= 4 is 0 Å². The summed E-state index contributed by atoms with van der Waals surface area (Å²) < 4.78 is 0. The summed E-state index contributed by atoms with van der Waals surface area (Å²) in [7, 11) is 0. The molecule has 3 fully saturated rings. The highest BCUT2D eigenvalue weighted by atomic mass is 15.2. The molecule has 3 saturated carbocycles. The topological polar surface area (TPSA) is 29.3 Å². The van der Waals surface area contributed by atoms with Crippen molar-refractivity contribution in [2.45, 2.75) is 64.3 Å². The lowest BCUT2D eigenvalue weighted by atomic mass is 9.78. The normalized spacial score (nSPS) is 33.6. The number of rotatable bonds is 7. The summed E-state index contributed by atoms with van der Waals surface area (Å²) in [6.07, 6.45) is 11.6. The first-order chi connectivity index (χ1) is 9.26. The van der Waals surface area contributed by atoms with Gasteiger partial charge in [-0.1, -0.05) is 19.8 Å². The molecule has 0 radical (unpaired) electrons. The van der Waals surface area contributed by atoms with Gasteiger partial charge < -0.3 is 5.73 Å². The van der Waals surface area contributed by atoms with E-state index in [1.54, 1.807) is 0 Å². The van der Waals surface area contributed by atoms with E-state index in [1.165, 1.54) is 64.5 Å². The summed E-state index contributed by atoms with van der Waals surface area (Å²) in [5.41, 5.74) is 6.19. The molecule has 3 aliphatic rings. The molecule has 0 spiro atoms. The predicted octanol–water partition coefficient (Wildman–Crippen LogP) is 3.26. The molecule has 0 bridgehead atoms. The van der Waals surface area contributed by atoms with Gasteiger partial charge in [-0.2, -0.15) is 0 Å². The van der Waals surface area contributed by atoms with Gasteiger partial charge in [0, 0.05) is 25.7 Å². The van der Waals surface area contributed by atoms with Gasteiger partial charge >= 0.3 is 0 Å². The highest BCUT2D eigenvalue weighted by Gasteiger charge is 2.35. The van der Waals surface area contributed by atoms with Gasteiger partial charge in [-0.3, -0.25) is 4.90 Å². The van der Waals surface area contributed by atoms with E-state index in [0.29, 0.717) is 6.04 Å². The van der Waals surface area contributed by atoms with Crippen molar-refractivity contribution in [3.8, 4) is 0 Å². The molecule has 2 N–H and O–H groups in total. The maximum Gasteiger partial charge on any atom is 0.0246 e. The van der Waals surface area contributed by atoms with E-state index in [1.807, 2.05) is 0 Å². The summed E-state index contributed by atoms with van der Waals surface area (Å²) in [5, 5.41) is 0. The first kappa shape index (κ1) is 13.9. The second-order valence-corrected chi connectivity index (χ2v) is 7.66. The first-order valence-electron chi connectivity index (χ1n) is 8.70. The van der Waals surface area contributed by atoms with Crippen LogP contribution in [0.1, 0.15) is 58.3 Å². The zero-order valence-corrected chi connectivity index (χ0v) is 12.7. The van der Waals surface area contributed by atoms with Crippen LogP contribution in [0.15, 0.2) is 0 Å². The molecule has 0 saturated heterocycles. The van der Waals surface area contributed by atoms with Crippen LogP contribution in [0.4, 0.5) is 0 Å². The zero-order chi connectivity index (χ0) is 13.2. The highest BCUT2D eigenvalue weighted by Crippen LogP contribution is 2.38. The van der Waals surface area contributed by atoms with E-state index in [9.17, 15) is 0 Å². The van der Waals surface area contributed by atoms with Crippen molar-refractivity contribution in [1.82, 2.24) is 4.90 Å². The van der Waals surface area contributed by atoms with Crippen molar-refractivity contribution in [2.75, 3.05) is 19.6 Å². The third-order valence-corrected chi connectivity index (χ3v) is 5.69. The van der Waals surface area contributed by atoms with Gasteiger partial charge in [0.1, 0.15) is 0 Å². The van der Waals surface area contributed by atoms with Crippen molar-refractivity contribution in [3.05, 3.63) is 0 Å². The van der Waals surface area contributed by atoms with E-state index in [4.69, 9.17) is 5.73 Å². The fourth-order valence-electron chi connectivity index (χ4n) is 3.92. The van der Waals surface area contributed by atoms with Crippen LogP contribution in [0.3, 0.4) is 0 Å². The number of nitrogens with two attached hydrogens (primary N) is 1. The first-order valence-corrected chi connectivity index (χ1v) is 8.70. The number of nitrogens with zero attached hydrogens (tertiary/aromatic N) is 1. The molecule has 110 valence electrons. The average Bonchev–Trinajstić information content (AvgIpc) is 3.28. The lowest BCUT2D eigenvalue weighted by Crippen LogP contribution is -2.48. The monoisotopic (exact) mass is 264 g/mol. The zero-order valence-electron chi connectivity index (χ0n) is 12.7. The molecule has 0 aromatic rings. The molecule has 2 nitrogen and oxygen atoms in total. The van der Waals surface area contributed by atoms with E-state index in [2.05, 4.69) is 11.8 Å². The molecular weight excluding hydrogens is 232 g/mol. The molecule has 3 aliphatic carbocycles. The lowest BCUT2D eigenvalue weighted by Gasteiger charge is -2.39. The van der Waals surface area contributed by atoms with Crippen LogP contribution in [0.2, 0.25) is 0 Å². The molecule has 1 unspecified atom stereocenters. The fourth-order valence-corrected chi connectivity index (χ4v) is 3.92. The summed E-state index contributed by atoms with van der Waals surface area (Å²) in [4.78, 5) is 2.82. The SMILES string of the molecule is CC1CCC(C(CN)N(CC2CC2)CC2CC2)CC1. The van der Waals surface area contributed by atoms with Gasteiger partial charge in [0.25, 0.3) is 0 Å².